The van der Waals surface area contributed by atoms with Crippen LogP contribution in [0.1, 0.15) is 36.9 Å². The standard InChI is InChI=1S/C22H25N3O5S2/c1-15(16-9-11-18(12-10-16)31(2,27)28)23-22(26)17-6-5-13-25(14-17)21-19-7-3-4-8-20(19)32(29,30)24-21/h3-4,7-12,15,17H,5-6,13-14H2,1-2H3,(H,23,26)/t15-,17+/m0/s1. The molecule has 4 rings (SSSR count). The van der Waals surface area contributed by atoms with Crippen molar-refractivity contribution in [2.45, 2.75) is 35.6 Å². The molecule has 0 aliphatic carbocycles. The number of sulfone groups is 1. The number of benzene rings is 2. The molecule has 2 aromatic carbocycles. The Labute approximate surface area is 188 Å². The first kappa shape index (κ1) is 22.5. The summed E-state index contributed by atoms with van der Waals surface area (Å²) in [6.07, 6.45) is 2.60. The third-order valence-corrected chi connectivity index (χ3v) is 8.32. The lowest BCUT2D eigenvalue weighted by Gasteiger charge is -2.34. The Hall–Kier alpha value is -2.72. The summed E-state index contributed by atoms with van der Waals surface area (Å²) in [4.78, 5) is 15.3. The van der Waals surface area contributed by atoms with Crippen molar-refractivity contribution in [3.05, 3.63) is 59.7 Å². The van der Waals surface area contributed by atoms with Crippen LogP contribution in [0.3, 0.4) is 0 Å². The van der Waals surface area contributed by atoms with E-state index in [1.165, 1.54) is 12.1 Å². The van der Waals surface area contributed by atoms with Crippen molar-refractivity contribution in [2.75, 3.05) is 19.3 Å². The Morgan fingerprint density at radius 2 is 1.84 bits per heavy atom. The first-order valence-electron chi connectivity index (χ1n) is 10.4. The van der Waals surface area contributed by atoms with Gasteiger partial charge in [0.1, 0.15) is 4.90 Å². The molecule has 2 aliphatic heterocycles. The van der Waals surface area contributed by atoms with Gasteiger partial charge in [-0.2, -0.15) is 8.42 Å². The number of carbonyl (C=O) groups excluding carboxylic acids is 1. The number of fused-ring (bicyclic) bond motifs is 1. The van der Waals surface area contributed by atoms with E-state index in [9.17, 15) is 21.6 Å². The summed E-state index contributed by atoms with van der Waals surface area (Å²) < 4.78 is 52.0. The largest absolute Gasteiger partial charge is 0.355 e. The highest BCUT2D eigenvalue weighted by Gasteiger charge is 2.35. The average Bonchev–Trinajstić information content (AvgIpc) is 3.04. The van der Waals surface area contributed by atoms with Gasteiger partial charge in [-0.25, -0.2) is 8.42 Å². The van der Waals surface area contributed by atoms with Gasteiger partial charge >= 0.3 is 0 Å². The topological polar surface area (TPSA) is 113 Å². The van der Waals surface area contributed by atoms with Gasteiger partial charge in [0, 0.05) is 24.9 Å². The van der Waals surface area contributed by atoms with E-state index in [2.05, 4.69) is 9.71 Å². The summed E-state index contributed by atoms with van der Waals surface area (Å²) in [6, 6.07) is 12.9. The molecule has 0 unspecified atom stereocenters. The monoisotopic (exact) mass is 475 g/mol. The van der Waals surface area contributed by atoms with E-state index >= 15 is 0 Å². The van der Waals surface area contributed by atoms with Gasteiger partial charge in [-0.1, -0.05) is 24.3 Å². The molecule has 2 atom stereocenters. The normalized spacial score (nSPS) is 20.9. The van der Waals surface area contributed by atoms with E-state index in [0.29, 0.717) is 30.9 Å². The lowest BCUT2D eigenvalue weighted by Crippen LogP contribution is -2.45. The van der Waals surface area contributed by atoms with Crippen molar-refractivity contribution >= 4 is 31.6 Å². The molecule has 32 heavy (non-hydrogen) atoms. The molecule has 10 heteroatoms. The number of amidine groups is 1. The fourth-order valence-corrected chi connectivity index (χ4v) is 5.98. The van der Waals surface area contributed by atoms with Crippen LogP contribution in [0.25, 0.3) is 0 Å². The summed E-state index contributed by atoms with van der Waals surface area (Å²) in [5.41, 5.74) is 1.38. The third kappa shape index (κ3) is 4.42. The molecule has 0 saturated carbocycles. The lowest BCUT2D eigenvalue weighted by molar-refractivity contribution is -0.126. The van der Waals surface area contributed by atoms with Gasteiger partial charge in [-0.3, -0.25) is 4.79 Å². The van der Waals surface area contributed by atoms with E-state index in [1.54, 1.807) is 36.4 Å². The fourth-order valence-electron chi connectivity index (χ4n) is 4.12. The molecule has 1 N–H and O–H groups in total. The van der Waals surface area contributed by atoms with Crippen LogP contribution in [0.4, 0.5) is 0 Å². The highest BCUT2D eigenvalue weighted by atomic mass is 32.2. The molecule has 1 saturated heterocycles. The van der Waals surface area contributed by atoms with Gasteiger partial charge in [0.15, 0.2) is 15.7 Å². The number of nitrogens with one attached hydrogen (secondary N) is 1. The van der Waals surface area contributed by atoms with Crippen LogP contribution < -0.4 is 5.32 Å². The summed E-state index contributed by atoms with van der Waals surface area (Å²) in [5, 5.41) is 3.00. The molecule has 0 bridgehead atoms. The summed E-state index contributed by atoms with van der Waals surface area (Å²) in [5.74, 6) is -0.0219. The Morgan fingerprint density at radius 1 is 1.16 bits per heavy atom. The van der Waals surface area contributed by atoms with Crippen molar-refractivity contribution in [3.63, 3.8) is 0 Å². The zero-order valence-corrected chi connectivity index (χ0v) is 19.5. The Balaban J connectivity index is 1.45. The van der Waals surface area contributed by atoms with Crippen LogP contribution in [-0.2, 0) is 24.7 Å². The molecule has 0 aromatic heterocycles. The smallest absolute Gasteiger partial charge is 0.285 e. The van der Waals surface area contributed by atoms with Crippen molar-refractivity contribution in [3.8, 4) is 0 Å². The third-order valence-electron chi connectivity index (χ3n) is 5.87. The quantitative estimate of drug-likeness (QED) is 0.725. The van der Waals surface area contributed by atoms with Crippen LogP contribution >= 0.6 is 0 Å². The van der Waals surface area contributed by atoms with Crippen molar-refractivity contribution in [2.24, 2.45) is 10.3 Å². The van der Waals surface area contributed by atoms with Gasteiger partial charge in [0.05, 0.1) is 16.9 Å². The van der Waals surface area contributed by atoms with Gasteiger partial charge in [0.2, 0.25) is 5.91 Å². The van der Waals surface area contributed by atoms with E-state index in [4.69, 9.17) is 0 Å². The summed E-state index contributed by atoms with van der Waals surface area (Å²) in [7, 11) is -6.98. The molecule has 170 valence electrons. The van der Waals surface area contributed by atoms with E-state index in [1.807, 2.05) is 11.8 Å². The van der Waals surface area contributed by atoms with E-state index in [0.717, 1.165) is 18.2 Å². The second kappa shape index (κ2) is 8.32. The molecule has 0 spiro atoms. The first-order valence-corrected chi connectivity index (χ1v) is 13.7. The van der Waals surface area contributed by atoms with E-state index in [-0.39, 0.29) is 27.7 Å². The number of hydrogen-bond acceptors (Lipinski definition) is 6. The van der Waals surface area contributed by atoms with Crippen molar-refractivity contribution in [1.82, 2.24) is 10.2 Å². The maximum atomic E-state index is 12.9. The highest BCUT2D eigenvalue weighted by Crippen LogP contribution is 2.30. The zero-order chi connectivity index (χ0) is 23.1. The number of rotatable bonds is 4. The summed E-state index contributed by atoms with van der Waals surface area (Å²) in [6.45, 7) is 2.86. The molecule has 2 aliphatic rings. The number of amides is 1. The fraction of sp³-hybridized carbons (Fsp3) is 0.364. The molecular weight excluding hydrogens is 450 g/mol. The summed E-state index contributed by atoms with van der Waals surface area (Å²) >= 11 is 0. The minimum Gasteiger partial charge on any atom is -0.355 e. The molecule has 1 fully saturated rings. The molecule has 1 amide bonds. The molecule has 8 nitrogen and oxygen atoms in total. The second-order valence-corrected chi connectivity index (χ2v) is 11.8. The molecule has 2 aromatic rings. The minimum absolute atomic E-state index is 0.121. The Morgan fingerprint density at radius 3 is 2.53 bits per heavy atom. The van der Waals surface area contributed by atoms with Crippen LogP contribution in [-0.4, -0.2) is 52.8 Å². The molecular formula is C22H25N3O5S2. The Kier molecular flexibility index (Phi) is 5.85. The van der Waals surface area contributed by atoms with Crippen LogP contribution in [0.5, 0.6) is 0 Å². The number of nitrogens with zero attached hydrogens (tertiary/aromatic N) is 2. The Bertz CT molecular complexity index is 1290. The van der Waals surface area contributed by atoms with Gasteiger partial charge in [0.25, 0.3) is 10.0 Å². The van der Waals surface area contributed by atoms with Crippen molar-refractivity contribution < 1.29 is 21.6 Å². The van der Waals surface area contributed by atoms with Gasteiger partial charge in [-0.05, 0) is 49.6 Å². The number of likely N-dealkylation sites (tertiary alicyclic amines) is 1. The number of carbonyl (C=O) groups is 1. The van der Waals surface area contributed by atoms with E-state index < -0.39 is 19.9 Å². The SMILES string of the molecule is C[C@H](NC(=O)[C@@H]1CCCN(C2=NS(=O)(=O)c3ccccc32)C1)c1ccc(S(C)(=O)=O)cc1. The molecule has 0 radical (unpaired) electrons. The maximum absolute atomic E-state index is 12.9. The van der Waals surface area contributed by atoms with Crippen LogP contribution in [0.2, 0.25) is 0 Å². The minimum atomic E-state index is -3.71. The number of piperidine rings is 1. The first-order chi connectivity index (χ1) is 15.1. The highest BCUT2D eigenvalue weighted by molar-refractivity contribution is 7.91. The number of hydrogen-bond donors (Lipinski definition) is 1. The lowest BCUT2D eigenvalue weighted by atomic mass is 9.95. The maximum Gasteiger partial charge on any atom is 0.285 e. The van der Waals surface area contributed by atoms with Crippen LogP contribution in [0.15, 0.2) is 62.7 Å². The van der Waals surface area contributed by atoms with Crippen LogP contribution in [0, 0.1) is 5.92 Å². The second-order valence-electron chi connectivity index (χ2n) is 8.24. The van der Waals surface area contributed by atoms with Crippen molar-refractivity contribution in [1.29, 1.82) is 0 Å². The zero-order valence-electron chi connectivity index (χ0n) is 17.9. The predicted molar refractivity (Wildman–Crippen MR) is 121 cm³/mol. The molecule has 2 heterocycles. The van der Waals surface area contributed by atoms with Gasteiger partial charge < -0.3 is 10.2 Å². The predicted octanol–water partition coefficient (Wildman–Crippen LogP) is 2.13. The average molecular weight is 476 g/mol. The van der Waals surface area contributed by atoms with Gasteiger partial charge in [-0.15, -0.1) is 4.40 Å². The number of sulfonamides is 1.